The van der Waals surface area contributed by atoms with E-state index in [1.54, 1.807) is 12.1 Å². The van der Waals surface area contributed by atoms with Gasteiger partial charge in [-0.3, -0.25) is 9.59 Å². The topological polar surface area (TPSA) is 43.9 Å². The molecule has 2 amide bonds. The minimum absolute atomic E-state index is 0.0656. The van der Waals surface area contributed by atoms with Crippen molar-refractivity contribution in [2.75, 3.05) is 37.6 Å². The van der Waals surface area contributed by atoms with Gasteiger partial charge in [-0.05, 0) is 45.0 Å². The number of halogens is 1. The summed E-state index contributed by atoms with van der Waals surface area (Å²) in [6.45, 7) is 9.23. The van der Waals surface area contributed by atoms with Crippen molar-refractivity contribution in [2.45, 2.75) is 32.7 Å². The number of benzene rings is 1. The lowest BCUT2D eigenvalue weighted by atomic mass is 10.1. The summed E-state index contributed by atoms with van der Waals surface area (Å²) in [6, 6.07) is 6.45. The molecule has 0 aliphatic carbocycles. The molecule has 1 aromatic carbocycles. The molecule has 1 atom stereocenters. The van der Waals surface area contributed by atoms with Crippen molar-refractivity contribution >= 4 is 17.5 Å². The first-order valence-corrected chi connectivity index (χ1v) is 8.85. The summed E-state index contributed by atoms with van der Waals surface area (Å²) in [7, 11) is 0. The largest absolute Gasteiger partial charge is 0.368 e. The zero-order valence-electron chi connectivity index (χ0n) is 15.2. The molecule has 5 nitrogen and oxygen atoms in total. The summed E-state index contributed by atoms with van der Waals surface area (Å²) in [5, 5.41) is 0. The highest BCUT2D eigenvalue weighted by Gasteiger charge is 2.41. The Kier molecular flexibility index (Phi) is 4.71. The number of carbonyl (C=O) groups is 2. The second kappa shape index (κ2) is 6.65. The van der Waals surface area contributed by atoms with E-state index in [-0.39, 0.29) is 29.1 Å². The van der Waals surface area contributed by atoms with E-state index >= 15 is 0 Å². The van der Waals surface area contributed by atoms with E-state index in [1.807, 2.05) is 30.6 Å². The highest BCUT2D eigenvalue weighted by molar-refractivity contribution is 5.89. The molecule has 136 valence electrons. The Morgan fingerprint density at radius 2 is 1.68 bits per heavy atom. The lowest BCUT2D eigenvalue weighted by Gasteiger charge is -2.37. The van der Waals surface area contributed by atoms with Crippen molar-refractivity contribution in [3.8, 4) is 0 Å². The summed E-state index contributed by atoms with van der Waals surface area (Å²) in [4.78, 5) is 30.8. The van der Waals surface area contributed by atoms with Gasteiger partial charge in [0.05, 0.1) is 5.92 Å². The van der Waals surface area contributed by atoms with E-state index < -0.39 is 0 Å². The van der Waals surface area contributed by atoms with E-state index in [1.165, 1.54) is 12.1 Å². The molecular formula is C19H26FN3O2. The number of hydrogen-bond acceptors (Lipinski definition) is 3. The molecule has 2 saturated heterocycles. The monoisotopic (exact) mass is 347 g/mol. The Labute approximate surface area is 148 Å². The molecule has 0 bridgehead atoms. The highest BCUT2D eigenvalue weighted by atomic mass is 19.1. The zero-order valence-corrected chi connectivity index (χ0v) is 15.2. The van der Waals surface area contributed by atoms with Gasteiger partial charge in [-0.15, -0.1) is 0 Å². The minimum Gasteiger partial charge on any atom is -0.368 e. The van der Waals surface area contributed by atoms with Crippen molar-refractivity contribution in [3.05, 3.63) is 30.1 Å². The third-order valence-corrected chi connectivity index (χ3v) is 5.07. The summed E-state index contributed by atoms with van der Waals surface area (Å²) >= 11 is 0. The number of anilines is 1. The molecule has 2 fully saturated rings. The van der Waals surface area contributed by atoms with Crippen molar-refractivity contribution in [3.63, 3.8) is 0 Å². The average molecular weight is 347 g/mol. The van der Waals surface area contributed by atoms with E-state index in [4.69, 9.17) is 0 Å². The number of piperazine rings is 1. The number of rotatable bonds is 2. The minimum atomic E-state index is -0.244. The molecule has 0 aromatic heterocycles. The fourth-order valence-electron chi connectivity index (χ4n) is 3.62. The van der Waals surface area contributed by atoms with E-state index in [0.717, 1.165) is 18.8 Å². The Bertz CT molecular complexity index is 646. The van der Waals surface area contributed by atoms with Crippen LogP contribution in [0.2, 0.25) is 0 Å². The number of hydrogen-bond donors (Lipinski definition) is 0. The van der Waals surface area contributed by atoms with Gasteiger partial charge in [0.15, 0.2) is 0 Å². The molecule has 0 N–H and O–H groups in total. The first-order valence-electron chi connectivity index (χ1n) is 8.85. The smallest absolute Gasteiger partial charge is 0.228 e. The SMILES string of the molecule is CC(C)(C)N1C[C@H](C(=O)N2CCN(c3ccc(F)cc3)CC2)CC1=O. The average Bonchev–Trinajstić information content (AvgIpc) is 2.97. The number of amides is 2. The first kappa shape index (κ1) is 17.7. The molecule has 3 rings (SSSR count). The van der Waals surface area contributed by atoms with Gasteiger partial charge in [0.1, 0.15) is 5.82 Å². The lowest BCUT2D eigenvalue weighted by molar-refractivity contribution is -0.136. The molecule has 25 heavy (non-hydrogen) atoms. The standard InChI is InChI=1S/C19H26FN3O2/c1-19(2,3)23-13-14(12-17(23)24)18(25)22-10-8-21(9-11-22)16-6-4-15(20)5-7-16/h4-7,14H,8-13H2,1-3H3/t14-/m1/s1. The number of likely N-dealkylation sites (tertiary alicyclic amines) is 1. The molecular weight excluding hydrogens is 321 g/mol. The van der Waals surface area contributed by atoms with Crippen molar-refractivity contribution in [2.24, 2.45) is 5.92 Å². The summed E-state index contributed by atoms with van der Waals surface area (Å²) in [6.07, 6.45) is 0.314. The van der Waals surface area contributed by atoms with Gasteiger partial charge >= 0.3 is 0 Å². The normalized spacial score (nSPS) is 21.8. The molecule has 2 aliphatic heterocycles. The molecule has 0 radical (unpaired) electrons. The van der Waals surface area contributed by atoms with Crippen LogP contribution in [0.25, 0.3) is 0 Å². The Balaban J connectivity index is 1.57. The van der Waals surface area contributed by atoms with Crippen LogP contribution >= 0.6 is 0 Å². The molecule has 2 aliphatic rings. The van der Waals surface area contributed by atoms with Crippen LogP contribution in [-0.4, -0.2) is 59.9 Å². The Morgan fingerprint density at radius 1 is 1.08 bits per heavy atom. The fraction of sp³-hybridized carbons (Fsp3) is 0.579. The van der Waals surface area contributed by atoms with Gasteiger partial charge < -0.3 is 14.7 Å². The van der Waals surface area contributed by atoms with E-state index in [9.17, 15) is 14.0 Å². The molecule has 0 saturated carbocycles. The number of carbonyl (C=O) groups excluding carboxylic acids is 2. The molecule has 1 aromatic rings. The third kappa shape index (κ3) is 3.78. The van der Waals surface area contributed by atoms with Crippen LogP contribution in [0.3, 0.4) is 0 Å². The van der Waals surface area contributed by atoms with Crippen LogP contribution in [0.4, 0.5) is 10.1 Å². The summed E-state index contributed by atoms with van der Waals surface area (Å²) in [5.41, 5.74) is 0.733. The maximum absolute atomic E-state index is 13.0. The van der Waals surface area contributed by atoms with Gasteiger partial charge in [-0.25, -0.2) is 4.39 Å². The second-order valence-electron chi connectivity index (χ2n) is 7.86. The van der Waals surface area contributed by atoms with Crippen LogP contribution in [0.5, 0.6) is 0 Å². The van der Waals surface area contributed by atoms with Gasteiger partial charge in [-0.2, -0.15) is 0 Å². The van der Waals surface area contributed by atoms with Gasteiger partial charge in [0.2, 0.25) is 11.8 Å². The quantitative estimate of drug-likeness (QED) is 0.823. The number of nitrogens with zero attached hydrogens (tertiary/aromatic N) is 3. The van der Waals surface area contributed by atoms with Crippen LogP contribution in [0.1, 0.15) is 27.2 Å². The Hall–Kier alpha value is -2.11. The lowest BCUT2D eigenvalue weighted by Crippen LogP contribution is -2.51. The van der Waals surface area contributed by atoms with Gasteiger partial charge in [0, 0.05) is 50.4 Å². The molecule has 6 heteroatoms. The molecule has 2 heterocycles. The van der Waals surface area contributed by atoms with Crippen LogP contribution in [0, 0.1) is 11.7 Å². The predicted octanol–water partition coefficient (Wildman–Crippen LogP) is 2.12. The predicted molar refractivity (Wildman–Crippen MR) is 94.8 cm³/mol. The highest BCUT2D eigenvalue weighted by Crippen LogP contribution is 2.27. The van der Waals surface area contributed by atoms with Crippen LogP contribution in [-0.2, 0) is 9.59 Å². The molecule has 0 spiro atoms. The van der Waals surface area contributed by atoms with Crippen LogP contribution in [0.15, 0.2) is 24.3 Å². The maximum Gasteiger partial charge on any atom is 0.228 e. The van der Waals surface area contributed by atoms with Gasteiger partial charge in [-0.1, -0.05) is 0 Å². The van der Waals surface area contributed by atoms with E-state index in [2.05, 4.69) is 4.90 Å². The maximum atomic E-state index is 13.0. The Morgan fingerprint density at radius 3 is 2.20 bits per heavy atom. The summed E-state index contributed by atoms with van der Waals surface area (Å²) in [5.74, 6) is -0.328. The van der Waals surface area contributed by atoms with Gasteiger partial charge in [0.25, 0.3) is 0 Å². The summed E-state index contributed by atoms with van der Waals surface area (Å²) < 4.78 is 13.0. The van der Waals surface area contributed by atoms with E-state index in [0.29, 0.717) is 26.1 Å². The third-order valence-electron chi connectivity index (χ3n) is 5.07. The van der Waals surface area contributed by atoms with Crippen molar-refractivity contribution in [1.29, 1.82) is 0 Å². The second-order valence-corrected chi connectivity index (χ2v) is 7.86. The first-order chi connectivity index (χ1) is 11.8. The fourth-order valence-corrected chi connectivity index (χ4v) is 3.62. The molecule has 0 unspecified atom stereocenters. The zero-order chi connectivity index (χ0) is 18.2. The van der Waals surface area contributed by atoms with Crippen molar-refractivity contribution < 1.29 is 14.0 Å². The van der Waals surface area contributed by atoms with Crippen molar-refractivity contribution in [1.82, 2.24) is 9.80 Å². The van der Waals surface area contributed by atoms with Crippen LogP contribution < -0.4 is 4.90 Å².